The second-order valence-corrected chi connectivity index (χ2v) is 10.4. The average Bonchev–Trinajstić information content (AvgIpc) is 2.95. The maximum Gasteiger partial charge on any atom is 0.381 e. The molecule has 0 bridgehead atoms. The number of fused-ring (bicyclic) bond motifs is 4. The summed E-state index contributed by atoms with van der Waals surface area (Å²) in [4.78, 5) is 0. The van der Waals surface area contributed by atoms with E-state index in [2.05, 4.69) is 91.1 Å². The maximum absolute atomic E-state index is 2.69. The lowest BCUT2D eigenvalue weighted by molar-refractivity contribution is -1.08. The Morgan fingerprint density at radius 3 is 0.846 bits per heavy atom. The van der Waals surface area contributed by atoms with Crippen molar-refractivity contribution in [2.24, 2.45) is 0 Å². The highest BCUT2D eigenvalue weighted by molar-refractivity contribution is 5.50. The van der Waals surface area contributed by atoms with Gasteiger partial charge in [0.05, 0.1) is 0 Å². The summed E-state index contributed by atoms with van der Waals surface area (Å²) in [6, 6.07) is 28.1. The molecule has 4 aromatic heterocycles. The third-order valence-corrected chi connectivity index (χ3v) is 9.34. The Bertz CT molecular complexity index is 1370. The number of hydrogen-bond donors (Lipinski definition) is 0. The second-order valence-electron chi connectivity index (χ2n) is 10.4. The zero-order chi connectivity index (χ0) is 27.7. The van der Waals surface area contributed by atoms with Crippen LogP contribution in [0.5, 0.6) is 0 Å². The van der Waals surface area contributed by atoms with Gasteiger partial charge >= 0.3 is 16.7 Å². The summed E-state index contributed by atoms with van der Waals surface area (Å²) in [6.07, 6.45) is 4.59. The molecule has 0 radical (unpaired) electrons. The van der Waals surface area contributed by atoms with E-state index < -0.39 is 0 Å². The fourth-order valence-corrected chi connectivity index (χ4v) is 8.45. The van der Waals surface area contributed by atoms with Crippen molar-refractivity contribution in [3.05, 3.63) is 118 Å². The predicted octanol–water partition coefficient (Wildman–Crippen LogP) is 4.58. The summed E-state index contributed by atoms with van der Waals surface area (Å²) in [5.41, 5.74) is 11.6. The van der Waals surface area contributed by atoms with Crippen LogP contribution < -0.4 is 18.3 Å². The van der Waals surface area contributed by atoms with Crippen LogP contribution in [0.25, 0.3) is 0 Å². The van der Waals surface area contributed by atoms with Crippen molar-refractivity contribution in [3.8, 4) is 0 Å². The van der Waals surface area contributed by atoms with E-state index in [1.54, 1.807) is 0 Å². The van der Waals surface area contributed by atoms with Crippen LogP contribution in [0.3, 0.4) is 0 Å². The first-order valence-corrected chi connectivity index (χ1v) is 15.5. The van der Waals surface area contributed by atoms with Gasteiger partial charge in [-0.2, -0.15) is 0 Å². The van der Waals surface area contributed by atoms with Gasteiger partial charge in [-0.15, -0.1) is 18.3 Å². The van der Waals surface area contributed by atoms with Crippen molar-refractivity contribution in [1.29, 1.82) is 0 Å². The molecule has 200 valence electrons. The molecule has 0 unspecified atom stereocenters. The quantitative estimate of drug-likeness (QED) is 0.302. The maximum atomic E-state index is 2.69. The lowest BCUT2D eigenvalue weighted by atomic mass is 9.62. The molecule has 39 heavy (non-hydrogen) atoms. The van der Waals surface area contributed by atoms with Gasteiger partial charge in [0.2, 0.25) is 45.6 Å². The molecular formula is C35H44N4+4. The van der Waals surface area contributed by atoms with E-state index >= 15 is 0 Å². The highest BCUT2D eigenvalue weighted by atomic mass is 15.4. The molecule has 6 aliphatic rings. The Morgan fingerprint density at radius 2 is 0.615 bits per heavy atom. The van der Waals surface area contributed by atoms with Gasteiger partial charge in [0.25, 0.3) is 0 Å². The fourth-order valence-electron chi connectivity index (χ4n) is 8.45. The Labute approximate surface area is 234 Å². The standard InChI is InChI=1S/C27H20N4.4C2H6/c1-5-17-13-25-14-18-6-2-10-22(29(18)25)27(21(9-1)28(17)25)23-11-3-7-19-15-26(30(19)23)16-20-8-4-12-24(27)31(20)26;4*1-2/h1-12H,13-16H2;4*1-2H3/q+4;;;;. The van der Waals surface area contributed by atoms with E-state index in [-0.39, 0.29) is 16.7 Å². The Balaban J connectivity index is 0.000000321. The second kappa shape index (κ2) is 8.81. The SMILES string of the molecule is CC.CC.CC.CC.c1cc2[n+]3c(c1)C1(c4cccc5[n+]4C3(C2)C5)c2cccc3[n+]2C2(C3)Cc3cccc1[n+]32. The Hall–Kier alpha value is -3.40. The van der Waals surface area contributed by atoms with Crippen LogP contribution in [-0.4, -0.2) is 0 Å². The molecule has 0 saturated heterocycles. The van der Waals surface area contributed by atoms with Crippen molar-refractivity contribution in [2.75, 3.05) is 0 Å². The molecule has 10 heterocycles. The van der Waals surface area contributed by atoms with E-state index in [0.717, 1.165) is 25.7 Å². The largest absolute Gasteiger partial charge is 0.381 e. The number of pyridine rings is 4. The smallest absolute Gasteiger partial charge is 0.132 e. The van der Waals surface area contributed by atoms with Crippen molar-refractivity contribution in [3.63, 3.8) is 0 Å². The third kappa shape index (κ3) is 2.53. The number of nitrogens with zero attached hydrogens (tertiary/aromatic N) is 4. The van der Waals surface area contributed by atoms with Gasteiger partial charge in [0, 0.05) is 48.5 Å². The van der Waals surface area contributed by atoms with E-state index in [1.165, 1.54) is 45.6 Å². The summed E-state index contributed by atoms with van der Waals surface area (Å²) in [5, 5.41) is 0. The minimum absolute atomic E-state index is 0.122. The summed E-state index contributed by atoms with van der Waals surface area (Å²) in [7, 11) is 0. The van der Waals surface area contributed by atoms with Crippen molar-refractivity contribution >= 4 is 0 Å². The van der Waals surface area contributed by atoms with Crippen molar-refractivity contribution in [1.82, 2.24) is 0 Å². The van der Waals surface area contributed by atoms with Crippen LogP contribution >= 0.6 is 0 Å². The molecule has 0 atom stereocenters. The first kappa shape index (κ1) is 25.9. The molecule has 4 heteroatoms. The minimum atomic E-state index is -0.285. The summed E-state index contributed by atoms with van der Waals surface area (Å²) in [6.45, 7) is 16.0. The molecule has 6 aliphatic heterocycles. The lowest BCUT2D eigenvalue weighted by Gasteiger charge is -2.50. The first-order chi connectivity index (χ1) is 19.3. The Morgan fingerprint density at radius 1 is 0.385 bits per heavy atom. The van der Waals surface area contributed by atoms with Gasteiger partial charge in [-0.1, -0.05) is 55.4 Å². The zero-order valence-electron chi connectivity index (χ0n) is 25.0. The van der Waals surface area contributed by atoms with Crippen molar-refractivity contribution in [2.45, 2.75) is 97.8 Å². The summed E-state index contributed by atoms with van der Waals surface area (Å²) in [5.74, 6) is 0. The number of hydrogen-bond acceptors (Lipinski definition) is 0. The van der Waals surface area contributed by atoms with Crippen LogP contribution in [0.1, 0.15) is 101 Å². The van der Waals surface area contributed by atoms with E-state index in [1.807, 2.05) is 55.4 Å². The van der Waals surface area contributed by atoms with Gasteiger partial charge in [-0.25, -0.2) is 0 Å². The van der Waals surface area contributed by atoms with Crippen LogP contribution in [0.4, 0.5) is 0 Å². The monoisotopic (exact) mass is 520 g/mol. The lowest BCUT2D eigenvalue weighted by Crippen LogP contribution is -2.99. The van der Waals surface area contributed by atoms with Crippen molar-refractivity contribution < 1.29 is 18.3 Å². The van der Waals surface area contributed by atoms with E-state index in [9.17, 15) is 0 Å². The van der Waals surface area contributed by atoms with E-state index in [0.29, 0.717) is 0 Å². The average molecular weight is 521 g/mol. The molecule has 0 aliphatic carbocycles. The van der Waals surface area contributed by atoms with Crippen LogP contribution in [-0.2, 0) is 42.4 Å². The first-order valence-electron chi connectivity index (χ1n) is 15.5. The topological polar surface area (TPSA) is 15.5 Å². The molecule has 3 spiro atoms. The molecule has 0 aromatic carbocycles. The van der Waals surface area contributed by atoms with Gasteiger partial charge < -0.3 is 0 Å². The predicted molar refractivity (Wildman–Crippen MR) is 152 cm³/mol. The zero-order valence-corrected chi connectivity index (χ0v) is 25.0. The van der Waals surface area contributed by atoms with E-state index in [4.69, 9.17) is 0 Å². The molecule has 4 aromatic rings. The highest BCUT2D eigenvalue weighted by Gasteiger charge is 2.85. The van der Waals surface area contributed by atoms with Crippen LogP contribution in [0.2, 0.25) is 0 Å². The molecule has 0 amide bonds. The van der Waals surface area contributed by atoms with Gasteiger partial charge in [-0.05, 0) is 24.3 Å². The van der Waals surface area contributed by atoms with Crippen LogP contribution in [0.15, 0.2) is 72.8 Å². The molecular weight excluding hydrogens is 476 g/mol. The van der Waals surface area contributed by atoms with Gasteiger partial charge in [-0.3, -0.25) is 0 Å². The summed E-state index contributed by atoms with van der Waals surface area (Å²) >= 11 is 0. The van der Waals surface area contributed by atoms with Crippen LogP contribution in [0, 0.1) is 0 Å². The molecule has 0 saturated carbocycles. The van der Waals surface area contributed by atoms with Gasteiger partial charge in [0.1, 0.15) is 0 Å². The molecule has 0 N–H and O–H groups in total. The number of aromatic nitrogens is 4. The normalized spacial score (nSPS) is 18.5. The Kier molecular flexibility index (Phi) is 5.84. The minimum Gasteiger partial charge on any atom is -0.132 e. The summed E-state index contributed by atoms with van der Waals surface area (Å²) < 4.78 is 10.8. The molecule has 0 fully saturated rings. The van der Waals surface area contributed by atoms with Gasteiger partial charge in [0.15, 0.2) is 25.7 Å². The number of rotatable bonds is 0. The molecule has 4 nitrogen and oxygen atoms in total. The highest BCUT2D eigenvalue weighted by Crippen LogP contribution is 2.52. The fraction of sp³-hybridized carbons (Fsp3) is 0.429. The molecule has 10 rings (SSSR count). The third-order valence-electron chi connectivity index (χ3n) is 9.34.